The van der Waals surface area contributed by atoms with Gasteiger partial charge in [-0.2, -0.15) is 5.26 Å². The number of amides is 1. The minimum absolute atomic E-state index is 0.00236. The average molecular weight is 223 g/mol. The van der Waals surface area contributed by atoms with Crippen LogP contribution in [-0.4, -0.2) is 24.5 Å². The molecule has 2 N–H and O–H groups in total. The highest BCUT2D eigenvalue weighted by atomic mass is 16.2. The SMILES string of the molecule is CCC(CC#N)NC(=O)C1CCCCCN1. The molecule has 0 aliphatic carbocycles. The largest absolute Gasteiger partial charge is 0.351 e. The van der Waals surface area contributed by atoms with Crippen LogP contribution < -0.4 is 10.6 Å². The zero-order valence-electron chi connectivity index (χ0n) is 9.96. The van der Waals surface area contributed by atoms with Crippen molar-refractivity contribution in [2.45, 2.75) is 57.5 Å². The van der Waals surface area contributed by atoms with Crippen LogP contribution in [0.1, 0.15) is 45.4 Å². The Hall–Kier alpha value is -1.08. The summed E-state index contributed by atoms with van der Waals surface area (Å²) in [5.41, 5.74) is 0. The van der Waals surface area contributed by atoms with E-state index in [1.807, 2.05) is 6.92 Å². The first-order valence-electron chi connectivity index (χ1n) is 6.18. The predicted molar refractivity (Wildman–Crippen MR) is 62.7 cm³/mol. The van der Waals surface area contributed by atoms with Crippen LogP contribution in [0.2, 0.25) is 0 Å². The lowest BCUT2D eigenvalue weighted by Gasteiger charge is -2.19. The van der Waals surface area contributed by atoms with Crippen molar-refractivity contribution in [3.8, 4) is 6.07 Å². The fraction of sp³-hybridized carbons (Fsp3) is 0.833. The summed E-state index contributed by atoms with van der Waals surface area (Å²) in [5, 5.41) is 14.8. The standard InChI is InChI=1S/C12H21N3O/c1-2-10(7-8-13)15-12(16)11-6-4-3-5-9-14-11/h10-11,14H,2-7,9H2,1H3,(H,15,16). The molecule has 1 fully saturated rings. The Balaban J connectivity index is 2.40. The highest BCUT2D eigenvalue weighted by Crippen LogP contribution is 2.09. The van der Waals surface area contributed by atoms with Crippen molar-refractivity contribution in [3.05, 3.63) is 0 Å². The van der Waals surface area contributed by atoms with Gasteiger partial charge in [-0.1, -0.05) is 19.8 Å². The molecule has 0 spiro atoms. The lowest BCUT2D eigenvalue weighted by atomic mass is 10.1. The Morgan fingerprint density at radius 3 is 3.06 bits per heavy atom. The maximum atomic E-state index is 11.9. The molecule has 4 heteroatoms. The summed E-state index contributed by atoms with van der Waals surface area (Å²) < 4.78 is 0. The van der Waals surface area contributed by atoms with Gasteiger partial charge in [0.05, 0.1) is 18.5 Å². The van der Waals surface area contributed by atoms with Gasteiger partial charge in [-0.15, -0.1) is 0 Å². The van der Waals surface area contributed by atoms with Gasteiger partial charge in [0.25, 0.3) is 0 Å². The molecule has 4 nitrogen and oxygen atoms in total. The second-order valence-corrected chi connectivity index (χ2v) is 4.33. The summed E-state index contributed by atoms with van der Waals surface area (Å²) in [6.45, 7) is 2.91. The van der Waals surface area contributed by atoms with Gasteiger partial charge >= 0.3 is 0 Å². The van der Waals surface area contributed by atoms with E-state index in [1.165, 1.54) is 6.42 Å². The van der Waals surface area contributed by atoms with Crippen molar-refractivity contribution in [1.82, 2.24) is 10.6 Å². The molecule has 0 aromatic heterocycles. The van der Waals surface area contributed by atoms with E-state index in [0.717, 1.165) is 32.2 Å². The van der Waals surface area contributed by atoms with Gasteiger partial charge in [0.2, 0.25) is 5.91 Å². The Kier molecular flexibility index (Phi) is 5.87. The van der Waals surface area contributed by atoms with Gasteiger partial charge in [-0.25, -0.2) is 0 Å². The molecular weight excluding hydrogens is 202 g/mol. The first-order valence-corrected chi connectivity index (χ1v) is 6.18. The average Bonchev–Trinajstić information content (AvgIpc) is 2.56. The van der Waals surface area contributed by atoms with Gasteiger partial charge in [0, 0.05) is 6.04 Å². The van der Waals surface area contributed by atoms with Gasteiger partial charge in [-0.3, -0.25) is 4.79 Å². The normalized spacial score (nSPS) is 22.9. The molecule has 16 heavy (non-hydrogen) atoms. The minimum Gasteiger partial charge on any atom is -0.351 e. The monoisotopic (exact) mass is 223 g/mol. The second kappa shape index (κ2) is 7.24. The maximum absolute atomic E-state index is 11.9. The van der Waals surface area contributed by atoms with Crippen molar-refractivity contribution in [2.75, 3.05) is 6.54 Å². The first-order chi connectivity index (χ1) is 7.77. The van der Waals surface area contributed by atoms with Gasteiger partial charge in [-0.05, 0) is 25.8 Å². The third-order valence-corrected chi connectivity index (χ3v) is 3.05. The van der Waals surface area contributed by atoms with Crippen molar-refractivity contribution in [3.63, 3.8) is 0 Å². The topological polar surface area (TPSA) is 64.9 Å². The molecule has 1 rings (SSSR count). The molecule has 1 saturated heterocycles. The van der Waals surface area contributed by atoms with Crippen LogP contribution in [0.5, 0.6) is 0 Å². The van der Waals surface area contributed by atoms with Crippen molar-refractivity contribution < 1.29 is 4.79 Å². The van der Waals surface area contributed by atoms with E-state index in [-0.39, 0.29) is 18.0 Å². The van der Waals surface area contributed by atoms with Crippen LogP contribution in [0.3, 0.4) is 0 Å². The summed E-state index contributed by atoms with van der Waals surface area (Å²) >= 11 is 0. The van der Waals surface area contributed by atoms with Crippen LogP contribution in [-0.2, 0) is 4.79 Å². The highest BCUT2D eigenvalue weighted by molar-refractivity contribution is 5.82. The zero-order chi connectivity index (χ0) is 11.8. The van der Waals surface area contributed by atoms with Gasteiger partial charge in [0.15, 0.2) is 0 Å². The summed E-state index contributed by atoms with van der Waals surface area (Å²) in [4.78, 5) is 11.9. The predicted octanol–water partition coefficient (Wildman–Crippen LogP) is 1.33. The molecule has 0 aromatic rings. The summed E-state index contributed by atoms with van der Waals surface area (Å²) in [6, 6.07) is 2.05. The van der Waals surface area contributed by atoms with Crippen LogP contribution in [0.25, 0.3) is 0 Å². The molecule has 0 saturated carbocycles. The van der Waals surface area contributed by atoms with Gasteiger partial charge < -0.3 is 10.6 Å². The molecule has 1 aliphatic heterocycles. The van der Waals surface area contributed by atoms with Crippen LogP contribution in [0.15, 0.2) is 0 Å². The molecule has 0 bridgehead atoms. The maximum Gasteiger partial charge on any atom is 0.237 e. The molecule has 1 amide bonds. The van der Waals surface area contributed by atoms with E-state index in [4.69, 9.17) is 5.26 Å². The summed E-state index contributed by atoms with van der Waals surface area (Å²) in [7, 11) is 0. The number of nitrogens with zero attached hydrogens (tertiary/aromatic N) is 1. The molecule has 1 aliphatic rings. The number of hydrogen-bond donors (Lipinski definition) is 2. The number of carbonyl (C=O) groups is 1. The summed E-state index contributed by atoms with van der Waals surface area (Å²) in [5.74, 6) is 0.0593. The van der Waals surface area contributed by atoms with E-state index in [9.17, 15) is 4.79 Å². The van der Waals surface area contributed by atoms with Crippen LogP contribution in [0.4, 0.5) is 0 Å². The van der Waals surface area contributed by atoms with Crippen molar-refractivity contribution >= 4 is 5.91 Å². The molecule has 0 radical (unpaired) electrons. The first kappa shape index (κ1) is 13.0. The van der Waals surface area contributed by atoms with E-state index < -0.39 is 0 Å². The summed E-state index contributed by atoms with van der Waals surface area (Å²) in [6.07, 6.45) is 5.58. The number of nitrogens with one attached hydrogen (secondary N) is 2. The minimum atomic E-state index is -0.0600. The lowest BCUT2D eigenvalue weighted by molar-refractivity contribution is -0.123. The Labute approximate surface area is 97.4 Å². The highest BCUT2D eigenvalue weighted by Gasteiger charge is 2.21. The molecule has 90 valence electrons. The van der Waals surface area contributed by atoms with E-state index in [1.54, 1.807) is 0 Å². The van der Waals surface area contributed by atoms with Crippen LogP contribution >= 0.6 is 0 Å². The quantitative estimate of drug-likeness (QED) is 0.755. The number of hydrogen-bond acceptors (Lipinski definition) is 3. The number of nitriles is 1. The van der Waals surface area contributed by atoms with Crippen molar-refractivity contribution in [2.24, 2.45) is 0 Å². The van der Waals surface area contributed by atoms with Gasteiger partial charge in [0.1, 0.15) is 0 Å². The van der Waals surface area contributed by atoms with Crippen molar-refractivity contribution in [1.29, 1.82) is 5.26 Å². The van der Waals surface area contributed by atoms with E-state index in [0.29, 0.717) is 6.42 Å². The molecule has 2 unspecified atom stereocenters. The number of carbonyl (C=O) groups excluding carboxylic acids is 1. The molecule has 2 atom stereocenters. The lowest BCUT2D eigenvalue weighted by Crippen LogP contribution is -2.47. The Bertz CT molecular complexity index is 251. The number of rotatable bonds is 4. The fourth-order valence-electron chi connectivity index (χ4n) is 1.96. The fourth-order valence-corrected chi connectivity index (χ4v) is 1.96. The smallest absolute Gasteiger partial charge is 0.237 e. The molecular formula is C12H21N3O. The van der Waals surface area contributed by atoms with E-state index in [2.05, 4.69) is 16.7 Å². The molecule has 1 heterocycles. The molecule has 0 aromatic carbocycles. The Morgan fingerprint density at radius 1 is 1.56 bits per heavy atom. The van der Waals surface area contributed by atoms with E-state index >= 15 is 0 Å². The Morgan fingerprint density at radius 2 is 2.38 bits per heavy atom. The zero-order valence-corrected chi connectivity index (χ0v) is 9.96. The van der Waals surface area contributed by atoms with Crippen LogP contribution in [0, 0.1) is 11.3 Å². The third-order valence-electron chi connectivity index (χ3n) is 3.05. The third kappa shape index (κ3) is 4.19. The second-order valence-electron chi connectivity index (χ2n) is 4.33.